The van der Waals surface area contributed by atoms with Crippen LogP contribution in [-0.4, -0.2) is 4.57 Å². The van der Waals surface area contributed by atoms with Crippen molar-refractivity contribution in [1.29, 1.82) is 0 Å². The summed E-state index contributed by atoms with van der Waals surface area (Å²) >= 11 is 0. The van der Waals surface area contributed by atoms with E-state index in [1.165, 1.54) is 53.8 Å². The Hall–Kier alpha value is -2.16. The number of rotatable bonds is 1. The van der Waals surface area contributed by atoms with Crippen molar-refractivity contribution in [3.8, 4) is 0 Å². The Kier molecular flexibility index (Phi) is 2.56. The van der Waals surface area contributed by atoms with Gasteiger partial charge in [-0.2, -0.15) is 0 Å². The van der Waals surface area contributed by atoms with Crippen LogP contribution in [0.5, 0.6) is 0 Å². The van der Waals surface area contributed by atoms with E-state index in [1.54, 1.807) is 0 Å². The molecule has 1 aromatic carbocycles. The molecule has 1 spiro atoms. The topological polar surface area (TPSA) is 21.3 Å². The number of anilines is 1. The van der Waals surface area contributed by atoms with Crippen molar-refractivity contribution in [2.75, 3.05) is 4.90 Å². The van der Waals surface area contributed by atoms with Gasteiger partial charge in [-0.1, -0.05) is 31.0 Å². The highest BCUT2D eigenvalue weighted by Gasteiger charge is 2.51. The number of fused-ring (bicyclic) bond motifs is 4. The van der Waals surface area contributed by atoms with Crippen molar-refractivity contribution in [3.05, 3.63) is 53.4 Å². The third-order valence-corrected chi connectivity index (χ3v) is 5.90. The fourth-order valence-corrected chi connectivity index (χ4v) is 4.82. The van der Waals surface area contributed by atoms with Crippen LogP contribution in [0, 0.1) is 6.92 Å². The van der Waals surface area contributed by atoms with Crippen LogP contribution in [0.1, 0.15) is 42.6 Å². The van der Waals surface area contributed by atoms with Gasteiger partial charge in [-0.15, -0.1) is 0 Å². The number of nitrogens with zero attached hydrogens (tertiary/aromatic N) is 2. The molecular weight excluding hydrogens is 284 g/mol. The monoisotopic (exact) mass is 306 g/mol. The smallest absolute Gasteiger partial charge is 0.152 e. The SMILES string of the molecule is Cc1ccccc1N1Cc2c(oc3ccn(C)c23)C12CCCC2. The standard InChI is InChI=1S/C20H22N2O/c1-14-7-3-4-8-16(14)22-13-15-18-17(9-12-21(18)2)23-19(15)20(22)10-5-6-11-20/h3-4,7-9,12H,5-6,10-11,13H2,1-2H3. The molecule has 0 bridgehead atoms. The lowest BCUT2D eigenvalue weighted by atomic mass is 9.93. The average Bonchev–Trinajstić information content (AvgIpc) is 3.27. The molecule has 1 aliphatic carbocycles. The van der Waals surface area contributed by atoms with Crippen molar-refractivity contribution < 1.29 is 4.42 Å². The molecule has 0 N–H and O–H groups in total. The van der Waals surface area contributed by atoms with Gasteiger partial charge < -0.3 is 13.9 Å². The Morgan fingerprint density at radius 2 is 1.87 bits per heavy atom. The summed E-state index contributed by atoms with van der Waals surface area (Å²) in [7, 11) is 2.12. The van der Waals surface area contributed by atoms with Gasteiger partial charge in [0.25, 0.3) is 0 Å². The van der Waals surface area contributed by atoms with Crippen molar-refractivity contribution in [2.24, 2.45) is 7.05 Å². The summed E-state index contributed by atoms with van der Waals surface area (Å²) in [6, 6.07) is 10.9. The molecule has 3 nitrogen and oxygen atoms in total. The first-order chi connectivity index (χ1) is 11.2. The third kappa shape index (κ3) is 1.60. The fraction of sp³-hybridized carbons (Fsp3) is 0.400. The Morgan fingerprint density at radius 3 is 2.65 bits per heavy atom. The molecule has 5 rings (SSSR count). The maximum atomic E-state index is 6.40. The van der Waals surface area contributed by atoms with Gasteiger partial charge in [0.1, 0.15) is 5.76 Å². The first kappa shape index (κ1) is 13.3. The summed E-state index contributed by atoms with van der Waals surface area (Å²) in [5.41, 5.74) is 6.52. The van der Waals surface area contributed by atoms with E-state index in [-0.39, 0.29) is 5.54 Å². The van der Waals surface area contributed by atoms with Crippen LogP contribution in [0.4, 0.5) is 5.69 Å². The van der Waals surface area contributed by atoms with Gasteiger partial charge in [0, 0.05) is 31.0 Å². The minimum Gasteiger partial charge on any atom is -0.457 e. The van der Waals surface area contributed by atoms with Crippen molar-refractivity contribution in [2.45, 2.75) is 44.7 Å². The maximum absolute atomic E-state index is 6.40. The fourth-order valence-electron chi connectivity index (χ4n) is 4.82. The lowest BCUT2D eigenvalue weighted by Gasteiger charge is -2.37. The summed E-state index contributed by atoms with van der Waals surface area (Å²) in [5.74, 6) is 1.24. The van der Waals surface area contributed by atoms with Gasteiger partial charge in [-0.05, 0) is 37.5 Å². The number of hydrogen-bond donors (Lipinski definition) is 0. The zero-order valence-corrected chi connectivity index (χ0v) is 13.8. The molecule has 0 amide bonds. The highest BCUT2D eigenvalue weighted by molar-refractivity contribution is 5.82. The highest BCUT2D eigenvalue weighted by atomic mass is 16.3. The molecule has 23 heavy (non-hydrogen) atoms. The number of benzene rings is 1. The van der Waals surface area contributed by atoms with Crippen molar-refractivity contribution >= 4 is 16.8 Å². The normalized spacial score (nSPS) is 19.1. The van der Waals surface area contributed by atoms with E-state index < -0.39 is 0 Å². The predicted molar refractivity (Wildman–Crippen MR) is 92.7 cm³/mol. The van der Waals surface area contributed by atoms with Gasteiger partial charge in [0.2, 0.25) is 0 Å². The summed E-state index contributed by atoms with van der Waals surface area (Å²) < 4.78 is 8.61. The summed E-state index contributed by atoms with van der Waals surface area (Å²) in [4.78, 5) is 2.62. The van der Waals surface area contributed by atoms with Gasteiger partial charge in [-0.3, -0.25) is 0 Å². The van der Waals surface area contributed by atoms with Crippen molar-refractivity contribution in [1.82, 2.24) is 4.57 Å². The molecule has 1 saturated carbocycles. The first-order valence-corrected chi connectivity index (χ1v) is 8.61. The molecule has 118 valence electrons. The number of aryl methyl sites for hydroxylation is 2. The van der Waals surface area contributed by atoms with E-state index in [1.807, 2.05) is 0 Å². The molecule has 0 unspecified atom stereocenters. The lowest BCUT2D eigenvalue weighted by Crippen LogP contribution is -2.39. The van der Waals surface area contributed by atoms with E-state index in [9.17, 15) is 0 Å². The Morgan fingerprint density at radius 1 is 1.09 bits per heavy atom. The predicted octanol–water partition coefficient (Wildman–Crippen LogP) is 4.87. The van der Waals surface area contributed by atoms with Gasteiger partial charge in [0.05, 0.1) is 11.1 Å². The Bertz CT molecular complexity index is 896. The van der Waals surface area contributed by atoms with Crippen LogP contribution in [0.15, 0.2) is 40.9 Å². The van der Waals surface area contributed by atoms with Crippen LogP contribution in [0.2, 0.25) is 0 Å². The third-order valence-electron chi connectivity index (χ3n) is 5.90. The van der Waals surface area contributed by atoms with E-state index >= 15 is 0 Å². The van der Waals surface area contributed by atoms with Crippen molar-refractivity contribution in [3.63, 3.8) is 0 Å². The van der Waals surface area contributed by atoms with E-state index in [0.29, 0.717) is 0 Å². The molecular formula is C20H22N2O. The Balaban J connectivity index is 1.75. The molecule has 1 fully saturated rings. The average molecular weight is 306 g/mol. The molecule has 2 aliphatic rings. The molecule has 3 heteroatoms. The Labute approximate surface area is 136 Å². The molecule has 1 aliphatic heterocycles. The first-order valence-electron chi connectivity index (χ1n) is 8.61. The second-order valence-electron chi connectivity index (χ2n) is 7.16. The molecule has 2 aromatic heterocycles. The van der Waals surface area contributed by atoms with E-state index in [0.717, 1.165) is 12.1 Å². The van der Waals surface area contributed by atoms with Gasteiger partial charge >= 0.3 is 0 Å². The number of aromatic nitrogens is 1. The lowest BCUT2D eigenvalue weighted by molar-refractivity contribution is 0.358. The quantitative estimate of drug-likeness (QED) is 0.639. The minimum atomic E-state index is 0.0699. The summed E-state index contributed by atoms with van der Waals surface area (Å²) in [6.45, 7) is 3.18. The van der Waals surface area contributed by atoms with Crippen LogP contribution < -0.4 is 4.90 Å². The highest BCUT2D eigenvalue weighted by Crippen LogP contribution is 2.54. The second-order valence-corrected chi connectivity index (χ2v) is 7.16. The minimum absolute atomic E-state index is 0.0699. The number of hydrogen-bond acceptors (Lipinski definition) is 2. The summed E-state index contributed by atoms with van der Waals surface area (Å²) in [5, 5.41) is 0. The van der Waals surface area contributed by atoms with Gasteiger partial charge in [0.15, 0.2) is 5.58 Å². The zero-order chi connectivity index (χ0) is 15.6. The van der Waals surface area contributed by atoms with Crippen LogP contribution in [-0.2, 0) is 19.1 Å². The molecule has 0 saturated heterocycles. The van der Waals surface area contributed by atoms with Gasteiger partial charge in [-0.25, -0.2) is 0 Å². The van der Waals surface area contributed by atoms with E-state index in [4.69, 9.17) is 4.42 Å². The largest absolute Gasteiger partial charge is 0.457 e. The second kappa shape index (κ2) is 4.44. The van der Waals surface area contributed by atoms with Crippen LogP contribution in [0.25, 0.3) is 11.1 Å². The molecule has 0 radical (unpaired) electrons. The summed E-state index contributed by atoms with van der Waals surface area (Å²) in [6.07, 6.45) is 7.09. The van der Waals surface area contributed by atoms with Crippen LogP contribution >= 0.6 is 0 Å². The molecule has 3 aromatic rings. The number of para-hydroxylation sites is 1. The molecule has 3 heterocycles. The molecule has 0 atom stereocenters. The maximum Gasteiger partial charge on any atom is 0.152 e. The number of furan rings is 1. The van der Waals surface area contributed by atoms with Crippen LogP contribution in [0.3, 0.4) is 0 Å². The van der Waals surface area contributed by atoms with E-state index in [2.05, 4.69) is 60.0 Å². The zero-order valence-electron chi connectivity index (χ0n) is 13.8.